The molecule has 1 aromatic rings. The zero-order chi connectivity index (χ0) is 15.9. The molecule has 0 bridgehead atoms. The second-order valence-electron chi connectivity index (χ2n) is 5.16. The van der Waals surface area contributed by atoms with Crippen molar-refractivity contribution in [1.29, 1.82) is 5.26 Å². The maximum Gasteiger partial charge on any atom is 0.223 e. The van der Waals surface area contributed by atoms with E-state index in [0.29, 0.717) is 18.7 Å². The number of nitrogens with zero attached hydrogens (tertiary/aromatic N) is 3. The van der Waals surface area contributed by atoms with E-state index in [4.69, 9.17) is 21.6 Å². The average Bonchev–Trinajstić information content (AvgIpc) is 2.92. The molecule has 2 rings (SSSR count). The van der Waals surface area contributed by atoms with Gasteiger partial charge in [-0.3, -0.25) is 4.79 Å². The van der Waals surface area contributed by atoms with Crippen LogP contribution in [-0.4, -0.2) is 43.6 Å². The molecule has 1 amide bonds. The van der Waals surface area contributed by atoms with Crippen molar-refractivity contribution in [2.24, 2.45) is 5.92 Å². The van der Waals surface area contributed by atoms with Crippen LogP contribution in [0.3, 0.4) is 0 Å². The second-order valence-corrected chi connectivity index (χ2v) is 6.27. The molecular weight excluding hydrogens is 324 g/mol. The highest BCUT2D eigenvalue weighted by molar-refractivity contribution is 7.10. The van der Waals surface area contributed by atoms with Gasteiger partial charge in [0.25, 0.3) is 0 Å². The average molecular weight is 343 g/mol. The number of halogens is 1. The number of amides is 1. The Morgan fingerprint density at radius 3 is 2.95 bits per heavy atom. The number of nitrogens with one attached hydrogen (secondary N) is 1. The molecule has 1 fully saturated rings. The van der Waals surface area contributed by atoms with Crippen LogP contribution in [0, 0.1) is 17.2 Å². The van der Waals surface area contributed by atoms with Crippen LogP contribution in [0.5, 0.6) is 0 Å². The Labute approximate surface area is 139 Å². The molecule has 0 spiro atoms. The van der Waals surface area contributed by atoms with Crippen molar-refractivity contribution < 1.29 is 9.53 Å². The summed E-state index contributed by atoms with van der Waals surface area (Å²) in [5, 5.41) is 13.2. The maximum absolute atomic E-state index is 12.1. The van der Waals surface area contributed by atoms with Crippen molar-refractivity contribution in [2.45, 2.75) is 19.3 Å². The van der Waals surface area contributed by atoms with Crippen LogP contribution in [0.15, 0.2) is 0 Å². The van der Waals surface area contributed by atoms with Gasteiger partial charge in [-0.25, -0.2) is 0 Å². The van der Waals surface area contributed by atoms with Crippen LogP contribution in [-0.2, 0) is 9.53 Å². The Morgan fingerprint density at radius 2 is 2.32 bits per heavy atom. The number of aromatic nitrogens is 1. The Balaban J connectivity index is 1.83. The lowest BCUT2D eigenvalue weighted by atomic mass is 9.96. The van der Waals surface area contributed by atoms with Gasteiger partial charge in [-0.2, -0.15) is 9.64 Å². The largest absolute Gasteiger partial charge is 0.385 e. The van der Waals surface area contributed by atoms with Crippen LogP contribution in [0.2, 0.25) is 5.15 Å². The topological polar surface area (TPSA) is 78.2 Å². The smallest absolute Gasteiger partial charge is 0.223 e. The summed E-state index contributed by atoms with van der Waals surface area (Å²) in [4.78, 5) is 14.2. The lowest BCUT2D eigenvalue weighted by Gasteiger charge is -2.31. The van der Waals surface area contributed by atoms with Gasteiger partial charge in [-0.05, 0) is 30.8 Å². The van der Waals surface area contributed by atoms with Crippen molar-refractivity contribution in [3.8, 4) is 6.07 Å². The van der Waals surface area contributed by atoms with E-state index in [0.717, 1.165) is 37.4 Å². The fourth-order valence-corrected chi connectivity index (χ4v) is 3.57. The second kappa shape index (κ2) is 8.32. The van der Waals surface area contributed by atoms with Crippen LogP contribution < -0.4 is 10.2 Å². The Kier molecular flexibility index (Phi) is 6.43. The number of hydrogen-bond donors (Lipinski definition) is 1. The zero-order valence-corrected chi connectivity index (χ0v) is 14.0. The van der Waals surface area contributed by atoms with E-state index in [9.17, 15) is 4.79 Å². The van der Waals surface area contributed by atoms with E-state index in [1.807, 2.05) is 0 Å². The number of carbonyl (C=O) groups is 1. The van der Waals surface area contributed by atoms with Crippen LogP contribution in [0.25, 0.3) is 0 Å². The predicted molar refractivity (Wildman–Crippen MR) is 86.3 cm³/mol. The van der Waals surface area contributed by atoms with E-state index >= 15 is 0 Å². The molecule has 1 N–H and O–H groups in total. The molecule has 0 aliphatic carbocycles. The first-order valence-corrected chi connectivity index (χ1v) is 8.39. The van der Waals surface area contributed by atoms with Gasteiger partial charge in [0.15, 0.2) is 5.15 Å². The van der Waals surface area contributed by atoms with Gasteiger partial charge in [0, 0.05) is 39.3 Å². The number of ether oxygens (including phenoxy) is 1. The summed E-state index contributed by atoms with van der Waals surface area (Å²) in [6.45, 7) is 2.78. The minimum atomic E-state index is 0.0349. The van der Waals surface area contributed by atoms with Crippen molar-refractivity contribution in [1.82, 2.24) is 9.69 Å². The third kappa shape index (κ3) is 4.09. The maximum atomic E-state index is 12.1. The van der Waals surface area contributed by atoms with Crippen molar-refractivity contribution in [3.05, 3.63) is 10.7 Å². The summed E-state index contributed by atoms with van der Waals surface area (Å²) in [5.74, 6) is 0.145. The van der Waals surface area contributed by atoms with E-state index < -0.39 is 0 Å². The highest BCUT2D eigenvalue weighted by atomic mass is 35.5. The summed E-state index contributed by atoms with van der Waals surface area (Å²) in [6, 6.07) is 2.10. The lowest BCUT2D eigenvalue weighted by Crippen LogP contribution is -2.40. The zero-order valence-electron chi connectivity index (χ0n) is 12.5. The van der Waals surface area contributed by atoms with E-state index in [1.54, 1.807) is 7.11 Å². The molecule has 0 aromatic carbocycles. The quantitative estimate of drug-likeness (QED) is 0.800. The highest BCUT2D eigenvalue weighted by Crippen LogP contribution is 2.33. The molecule has 0 radical (unpaired) electrons. The third-order valence-corrected chi connectivity index (χ3v) is 5.00. The van der Waals surface area contributed by atoms with Gasteiger partial charge < -0.3 is 15.0 Å². The first kappa shape index (κ1) is 17.0. The predicted octanol–water partition coefficient (Wildman–Crippen LogP) is 2.04. The third-order valence-electron chi connectivity index (χ3n) is 3.72. The number of rotatable bonds is 6. The number of methoxy groups -OCH3 is 1. The molecule has 22 heavy (non-hydrogen) atoms. The van der Waals surface area contributed by atoms with Crippen molar-refractivity contribution >= 4 is 34.0 Å². The van der Waals surface area contributed by atoms with E-state index in [-0.39, 0.29) is 17.0 Å². The first-order valence-electron chi connectivity index (χ1n) is 7.24. The minimum absolute atomic E-state index is 0.0349. The summed E-state index contributed by atoms with van der Waals surface area (Å²) >= 11 is 7.15. The molecule has 120 valence electrons. The fraction of sp³-hybridized carbons (Fsp3) is 0.643. The van der Waals surface area contributed by atoms with Gasteiger partial charge in [0.05, 0.1) is 0 Å². The molecule has 0 saturated carbocycles. The van der Waals surface area contributed by atoms with Crippen LogP contribution >= 0.6 is 23.1 Å². The van der Waals surface area contributed by atoms with Crippen molar-refractivity contribution in [3.63, 3.8) is 0 Å². The standard InChI is InChI=1S/C14H19ClN4O2S/c1-21-8-2-5-17-13(20)10-3-6-19(7-4-10)14-11(9-16)12(15)18-22-14/h10H,2-8H2,1H3,(H,17,20). The SMILES string of the molecule is COCCCNC(=O)C1CCN(c2snc(Cl)c2C#N)CC1. The molecule has 6 nitrogen and oxygen atoms in total. The van der Waals surface area contributed by atoms with Crippen molar-refractivity contribution in [2.75, 3.05) is 38.3 Å². The van der Waals surface area contributed by atoms with E-state index in [2.05, 4.69) is 20.7 Å². The van der Waals surface area contributed by atoms with Crippen LogP contribution in [0.1, 0.15) is 24.8 Å². The van der Waals surface area contributed by atoms with Gasteiger partial charge >= 0.3 is 0 Å². The molecule has 0 unspecified atom stereocenters. The summed E-state index contributed by atoms with van der Waals surface area (Å²) in [5.41, 5.74) is 0.439. The molecule has 1 aromatic heterocycles. The molecular formula is C14H19ClN4O2S. The lowest BCUT2D eigenvalue weighted by molar-refractivity contribution is -0.125. The number of piperidine rings is 1. The Bertz CT molecular complexity index is 550. The summed E-state index contributed by atoms with van der Waals surface area (Å²) < 4.78 is 8.98. The Hall–Kier alpha value is -1.36. The highest BCUT2D eigenvalue weighted by Gasteiger charge is 2.27. The Morgan fingerprint density at radius 1 is 1.59 bits per heavy atom. The first-order chi connectivity index (χ1) is 10.7. The fourth-order valence-electron chi connectivity index (χ4n) is 2.49. The molecule has 1 saturated heterocycles. The number of hydrogen-bond acceptors (Lipinski definition) is 6. The molecule has 0 atom stereocenters. The van der Waals surface area contributed by atoms with Gasteiger partial charge in [-0.15, -0.1) is 0 Å². The molecule has 2 heterocycles. The van der Waals surface area contributed by atoms with Gasteiger partial charge in [0.1, 0.15) is 16.6 Å². The summed E-state index contributed by atoms with van der Waals surface area (Å²) in [6.07, 6.45) is 2.37. The van der Waals surface area contributed by atoms with E-state index in [1.165, 1.54) is 11.5 Å². The monoisotopic (exact) mass is 342 g/mol. The normalized spacial score (nSPS) is 15.6. The summed E-state index contributed by atoms with van der Waals surface area (Å²) in [7, 11) is 1.65. The molecule has 1 aliphatic heterocycles. The van der Waals surface area contributed by atoms with Gasteiger partial charge in [-0.1, -0.05) is 11.6 Å². The van der Waals surface area contributed by atoms with Crippen LogP contribution in [0.4, 0.5) is 5.00 Å². The molecule has 1 aliphatic rings. The number of nitriles is 1. The number of anilines is 1. The van der Waals surface area contributed by atoms with Gasteiger partial charge in [0.2, 0.25) is 5.91 Å². The molecule has 8 heteroatoms. The minimum Gasteiger partial charge on any atom is -0.385 e. The number of carbonyl (C=O) groups excluding carboxylic acids is 1.